The van der Waals surface area contributed by atoms with Crippen LogP contribution in [0.3, 0.4) is 0 Å². The number of hydrogen-bond donors (Lipinski definition) is 1. The lowest BCUT2D eigenvalue weighted by atomic mass is 10.1. The highest BCUT2D eigenvalue weighted by Gasteiger charge is 2.31. The zero-order valence-corrected chi connectivity index (χ0v) is 19.6. The first-order chi connectivity index (χ1) is 15.1. The molecule has 1 aliphatic carbocycles. The lowest BCUT2D eigenvalue weighted by Gasteiger charge is -2.22. The quantitative estimate of drug-likeness (QED) is 0.593. The van der Waals surface area contributed by atoms with E-state index >= 15 is 0 Å². The molecule has 0 atom stereocenters. The summed E-state index contributed by atoms with van der Waals surface area (Å²) in [5.74, 6) is 0.109. The molecule has 0 radical (unpaired) electrons. The molecule has 1 amide bonds. The number of nitrogens with zero attached hydrogens (tertiary/aromatic N) is 3. The number of amides is 1. The maximum atomic E-state index is 13.1. The van der Waals surface area contributed by atoms with Crippen molar-refractivity contribution in [3.8, 4) is 0 Å². The first kappa shape index (κ1) is 22.1. The van der Waals surface area contributed by atoms with Gasteiger partial charge in [-0.25, -0.2) is 8.42 Å². The zero-order chi connectivity index (χ0) is 23.1. The number of carbonyl (C=O) groups excluding carboxylic acids is 1. The summed E-state index contributed by atoms with van der Waals surface area (Å²) in [6, 6.07) is 17.0. The summed E-state index contributed by atoms with van der Waals surface area (Å²) < 4.78 is 29.2. The molecular formula is C24H28N4O3S. The van der Waals surface area contributed by atoms with Crippen molar-refractivity contribution < 1.29 is 13.2 Å². The summed E-state index contributed by atoms with van der Waals surface area (Å²) in [5, 5.41) is 7.52. The molecule has 0 spiro atoms. The Kier molecular flexibility index (Phi) is 5.58. The molecule has 0 bridgehead atoms. The minimum absolute atomic E-state index is 0.102. The van der Waals surface area contributed by atoms with Gasteiger partial charge < -0.3 is 5.32 Å². The van der Waals surface area contributed by atoms with Crippen LogP contribution in [0, 0.1) is 0 Å². The van der Waals surface area contributed by atoms with E-state index in [0.29, 0.717) is 23.0 Å². The molecule has 0 aliphatic heterocycles. The fourth-order valence-electron chi connectivity index (χ4n) is 3.52. The normalized spacial score (nSPS) is 14.2. The van der Waals surface area contributed by atoms with Crippen molar-refractivity contribution in [2.24, 2.45) is 0 Å². The monoisotopic (exact) mass is 452 g/mol. The summed E-state index contributed by atoms with van der Waals surface area (Å²) in [6.45, 7) is 6.00. The molecule has 8 heteroatoms. The Labute approximate surface area is 189 Å². The van der Waals surface area contributed by atoms with E-state index in [1.165, 1.54) is 23.5 Å². The molecule has 3 aromatic rings. The molecule has 1 heterocycles. The van der Waals surface area contributed by atoms with Crippen molar-refractivity contribution in [1.82, 2.24) is 9.78 Å². The topological polar surface area (TPSA) is 84.3 Å². The summed E-state index contributed by atoms with van der Waals surface area (Å²) >= 11 is 0. The predicted molar refractivity (Wildman–Crippen MR) is 126 cm³/mol. The van der Waals surface area contributed by atoms with Crippen LogP contribution >= 0.6 is 0 Å². The van der Waals surface area contributed by atoms with Crippen molar-refractivity contribution >= 4 is 27.3 Å². The molecule has 0 saturated heterocycles. The molecule has 2 aromatic carbocycles. The molecule has 1 aliphatic rings. The molecule has 168 valence electrons. The highest BCUT2D eigenvalue weighted by molar-refractivity contribution is 7.92. The van der Waals surface area contributed by atoms with Crippen LogP contribution in [0.15, 0.2) is 65.6 Å². The van der Waals surface area contributed by atoms with Crippen LogP contribution in [-0.4, -0.2) is 31.2 Å². The van der Waals surface area contributed by atoms with Gasteiger partial charge in [0.05, 0.1) is 21.8 Å². The number of carbonyl (C=O) groups is 1. The van der Waals surface area contributed by atoms with Crippen molar-refractivity contribution in [2.45, 2.75) is 50.0 Å². The number of anilines is 2. The van der Waals surface area contributed by atoms with Gasteiger partial charge in [0.2, 0.25) is 0 Å². The maximum Gasteiger partial charge on any atom is 0.273 e. The average Bonchev–Trinajstić information content (AvgIpc) is 3.50. The highest BCUT2D eigenvalue weighted by atomic mass is 32.2. The number of benzene rings is 2. The SMILES string of the molecule is CN(c1ccccc1)S(=O)(=O)c1cccc(NC(=O)c2cc(C3CC3)nn2C(C)(C)C)c1. The lowest BCUT2D eigenvalue weighted by Crippen LogP contribution is -2.29. The van der Waals surface area contributed by atoms with Gasteiger partial charge in [-0.1, -0.05) is 24.3 Å². The van der Waals surface area contributed by atoms with Gasteiger partial charge in [-0.2, -0.15) is 5.10 Å². The van der Waals surface area contributed by atoms with Gasteiger partial charge in [0, 0.05) is 18.7 Å². The van der Waals surface area contributed by atoms with E-state index in [4.69, 9.17) is 0 Å². The predicted octanol–water partition coefficient (Wildman–Crippen LogP) is 4.59. The molecule has 1 aromatic heterocycles. The van der Waals surface area contributed by atoms with Gasteiger partial charge in [0.25, 0.3) is 15.9 Å². The van der Waals surface area contributed by atoms with Crippen molar-refractivity contribution in [1.29, 1.82) is 0 Å². The van der Waals surface area contributed by atoms with Crippen LogP contribution in [0.5, 0.6) is 0 Å². The Morgan fingerprint density at radius 3 is 2.38 bits per heavy atom. The second kappa shape index (κ2) is 8.09. The highest BCUT2D eigenvalue weighted by Crippen LogP contribution is 2.40. The third-order valence-corrected chi connectivity index (χ3v) is 7.24. The van der Waals surface area contributed by atoms with Gasteiger partial charge in [-0.05, 0) is 70.0 Å². The Balaban J connectivity index is 1.60. The third kappa shape index (κ3) is 4.41. The Hall–Kier alpha value is -3.13. The van der Waals surface area contributed by atoms with Crippen molar-refractivity contribution in [3.63, 3.8) is 0 Å². The second-order valence-electron chi connectivity index (χ2n) is 9.10. The van der Waals surface area contributed by atoms with E-state index in [9.17, 15) is 13.2 Å². The molecule has 1 saturated carbocycles. The van der Waals surface area contributed by atoms with Crippen LogP contribution in [0.4, 0.5) is 11.4 Å². The molecule has 7 nitrogen and oxygen atoms in total. The van der Waals surface area contributed by atoms with Gasteiger partial charge in [0.1, 0.15) is 5.69 Å². The van der Waals surface area contributed by atoms with E-state index in [0.717, 1.165) is 18.5 Å². The minimum Gasteiger partial charge on any atom is -0.321 e. The lowest BCUT2D eigenvalue weighted by molar-refractivity contribution is 0.100. The molecule has 1 N–H and O–H groups in total. The Morgan fingerprint density at radius 2 is 1.75 bits per heavy atom. The van der Waals surface area contributed by atoms with Crippen LogP contribution in [0.1, 0.15) is 55.7 Å². The molecule has 4 rings (SSSR count). The van der Waals surface area contributed by atoms with Gasteiger partial charge in [-0.3, -0.25) is 13.8 Å². The summed E-state index contributed by atoms with van der Waals surface area (Å²) in [4.78, 5) is 13.2. The largest absolute Gasteiger partial charge is 0.321 e. The first-order valence-corrected chi connectivity index (χ1v) is 12.1. The molecule has 1 fully saturated rings. The standard InChI is InChI=1S/C24H28N4O3S/c1-24(2,3)28-22(16-21(26-28)17-13-14-17)23(29)25-18-9-8-12-20(15-18)32(30,31)27(4)19-10-6-5-7-11-19/h5-12,15-17H,13-14H2,1-4H3,(H,25,29). The van der Waals surface area contributed by atoms with E-state index in [1.54, 1.807) is 41.1 Å². The van der Waals surface area contributed by atoms with Gasteiger partial charge in [-0.15, -0.1) is 0 Å². The number of aromatic nitrogens is 2. The fraction of sp³-hybridized carbons (Fsp3) is 0.333. The first-order valence-electron chi connectivity index (χ1n) is 10.6. The van der Waals surface area contributed by atoms with E-state index in [2.05, 4.69) is 10.4 Å². The summed E-state index contributed by atoms with van der Waals surface area (Å²) in [6.07, 6.45) is 2.19. The smallest absolute Gasteiger partial charge is 0.273 e. The third-order valence-electron chi connectivity index (χ3n) is 5.46. The number of sulfonamides is 1. The maximum absolute atomic E-state index is 13.1. The van der Waals surface area contributed by atoms with Crippen LogP contribution in [-0.2, 0) is 15.6 Å². The summed E-state index contributed by atoms with van der Waals surface area (Å²) in [5.41, 5.74) is 2.01. The summed E-state index contributed by atoms with van der Waals surface area (Å²) in [7, 11) is -2.27. The average molecular weight is 453 g/mol. The number of nitrogens with one attached hydrogen (secondary N) is 1. The van der Waals surface area contributed by atoms with Crippen molar-refractivity contribution in [3.05, 3.63) is 72.1 Å². The number of hydrogen-bond acceptors (Lipinski definition) is 4. The molecule has 32 heavy (non-hydrogen) atoms. The Bertz CT molecular complexity index is 1240. The van der Waals surface area contributed by atoms with Crippen LogP contribution < -0.4 is 9.62 Å². The van der Waals surface area contributed by atoms with Crippen molar-refractivity contribution in [2.75, 3.05) is 16.7 Å². The number of rotatable bonds is 6. The van der Waals surface area contributed by atoms with Crippen LogP contribution in [0.25, 0.3) is 0 Å². The van der Waals surface area contributed by atoms with Crippen LogP contribution in [0.2, 0.25) is 0 Å². The zero-order valence-electron chi connectivity index (χ0n) is 18.7. The Morgan fingerprint density at radius 1 is 1.06 bits per heavy atom. The van der Waals surface area contributed by atoms with E-state index < -0.39 is 10.0 Å². The minimum atomic E-state index is -3.78. The van der Waals surface area contributed by atoms with Gasteiger partial charge >= 0.3 is 0 Å². The van der Waals surface area contributed by atoms with Gasteiger partial charge in [0.15, 0.2) is 0 Å². The number of para-hydroxylation sites is 1. The van der Waals surface area contributed by atoms with E-state index in [-0.39, 0.29) is 16.3 Å². The van der Waals surface area contributed by atoms with E-state index in [1.807, 2.05) is 32.9 Å². The fourth-order valence-corrected chi connectivity index (χ4v) is 4.76. The molecule has 0 unspecified atom stereocenters. The second-order valence-corrected chi connectivity index (χ2v) is 11.1. The molecular weight excluding hydrogens is 424 g/mol.